The van der Waals surface area contributed by atoms with Crippen molar-refractivity contribution in [3.8, 4) is 11.3 Å². The Morgan fingerprint density at radius 1 is 1.24 bits per heavy atom. The first-order chi connectivity index (χ1) is 10.4. The van der Waals surface area contributed by atoms with E-state index in [1.54, 1.807) is 11.3 Å². The van der Waals surface area contributed by atoms with Gasteiger partial charge in [-0.05, 0) is 42.9 Å². The summed E-state index contributed by atoms with van der Waals surface area (Å²) in [5.74, 6) is 0. The fraction of sp³-hybridized carbons (Fsp3) is 0.389. The van der Waals surface area contributed by atoms with Crippen molar-refractivity contribution in [3.05, 3.63) is 52.4 Å². The normalized spacial score (nSPS) is 13.9. The first kappa shape index (κ1) is 14.5. The minimum atomic E-state index is 0.864. The molecule has 0 unspecified atom stereocenters. The van der Waals surface area contributed by atoms with Gasteiger partial charge in [0.1, 0.15) is 0 Å². The van der Waals surface area contributed by atoms with Crippen LogP contribution in [0.4, 0.5) is 0 Å². The molecule has 0 radical (unpaired) electrons. The Hall–Kier alpha value is -1.45. The summed E-state index contributed by atoms with van der Waals surface area (Å²) in [4.78, 5) is 4.78. The fourth-order valence-electron chi connectivity index (χ4n) is 2.85. The van der Waals surface area contributed by atoms with Gasteiger partial charge in [-0.15, -0.1) is 17.9 Å². The van der Waals surface area contributed by atoms with Crippen LogP contribution in [0.25, 0.3) is 11.3 Å². The fourth-order valence-corrected chi connectivity index (χ4v) is 3.66. The lowest BCUT2D eigenvalue weighted by Crippen LogP contribution is -2.16. The maximum absolute atomic E-state index is 4.78. The number of aromatic nitrogens is 1. The van der Waals surface area contributed by atoms with E-state index in [4.69, 9.17) is 4.98 Å². The van der Waals surface area contributed by atoms with E-state index in [1.165, 1.54) is 47.4 Å². The van der Waals surface area contributed by atoms with Gasteiger partial charge in [0.2, 0.25) is 0 Å². The molecule has 1 aliphatic carbocycles. The lowest BCUT2D eigenvalue weighted by atomic mass is 9.90. The second-order valence-corrected chi connectivity index (χ2v) is 6.50. The second kappa shape index (κ2) is 7.01. The van der Waals surface area contributed by atoms with Crippen molar-refractivity contribution in [1.29, 1.82) is 0 Å². The number of nitrogens with one attached hydrogen (secondary N) is 1. The van der Waals surface area contributed by atoms with E-state index < -0.39 is 0 Å². The number of aryl methyl sites for hydroxylation is 2. The molecule has 1 heterocycles. The van der Waals surface area contributed by atoms with E-state index in [0.717, 1.165) is 25.2 Å². The number of hydrogen-bond donors (Lipinski definition) is 1. The molecule has 110 valence electrons. The highest BCUT2D eigenvalue weighted by Gasteiger charge is 2.11. The first-order valence-corrected chi connectivity index (χ1v) is 8.63. The number of rotatable bonds is 6. The van der Waals surface area contributed by atoms with E-state index in [0.29, 0.717) is 0 Å². The molecule has 0 saturated heterocycles. The van der Waals surface area contributed by atoms with Gasteiger partial charge in [0.05, 0.1) is 10.7 Å². The number of thiazole rings is 1. The summed E-state index contributed by atoms with van der Waals surface area (Å²) < 4.78 is 0. The average Bonchev–Trinajstić information content (AvgIpc) is 3.00. The largest absolute Gasteiger partial charge is 0.313 e. The highest BCUT2D eigenvalue weighted by Crippen LogP contribution is 2.28. The van der Waals surface area contributed by atoms with Crippen LogP contribution in [-0.4, -0.2) is 18.1 Å². The molecule has 1 N–H and O–H groups in total. The lowest BCUT2D eigenvalue weighted by molar-refractivity contribution is 0.686. The van der Waals surface area contributed by atoms with Crippen LogP contribution in [-0.2, 0) is 19.3 Å². The first-order valence-electron chi connectivity index (χ1n) is 7.75. The van der Waals surface area contributed by atoms with Crippen molar-refractivity contribution in [3.63, 3.8) is 0 Å². The monoisotopic (exact) mass is 298 g/mol. The highest BCUT2D eigenvalue weighted by atomic mass is 32.1. The Kier molecular flexibility index (Phi) is 4.84. The topological polar surface area (TPSA) is 24.9 Å². The second-order valence-electron chi connectivity index (χ2n) is 5.56. The molecule has 2 aromatic rings. The number of benzene rings is 1. The predicted octanol–water partition coefficient (Wildman–Crippen LogP) is 4.01. The predicted molar refractivity (Wildman–Crippen MR) is 91.0 cm³/mol. The van der Waals surface area contributed by atoms with E-state index in [1.807, 2.05) is 6.08 Å². The van der Waals surface area contributed by atoms with Gasteiger partial charge in [0, 0.05) is 30.5 Å². The molecule has 0 aliphatic heterocycles. The summed E-state index contributed by atoms with van der Waals surface area (Å²) in [7, 11) is 0. The van der Waals surface area contributed by atoms with Gasteiger partial charge in [0.25, 0.3) is 0 Å². The van der Waals surface area contributed by atoms with E-state index in [-0.39, 0.29) is 0 Å². The summed E-state index contributed by atoms with van der Waals surface area (Å²) in [5.41, 5.74) is 5.47. The lowest BCUT2D eigenvalue weighted by Gasteiger charge is -2.16. The van der Waals surface area contributed by atoms with Crippen LogP contribution in [0.5, 0.6) is 0 Å². The Balaban J connectivity index is 1.69. The summed E-state index contributed by atoms with van der Waals surface area (Å²) in [6.45, 7) is 5.53. The van der Waals surface area contributed by atoms with Crippen molar-refractivity contribution in [2.75, 3.05) is 13.1 Å². The Bertz CT molecular complexity index is 615. The molecule has 1 aromatic carbocycles. The molecular formula is C18H22N2S. The molecule has 3 heteroatoms. The van der Waals surface area contributed by atoms with E-state index in [2.05, 4.69) is 35.5 Å². The third kappa shape index (κ3) is 3.60. The molecule has 0 fully saturated rings. The van der Waals surface area contributed by atoms with Crippen molar-refractivity contribution in [1.82, 2.24) is 10.3 Å². The Labute approximate surface area is 130 Å². The summed E-state index contributed by atoms with van der Waals surface area (Å²) >= 11 is 1.76. The highest BCUT2D eigenvalue weighted by molar-refractivity contribution is 7.09. The average molecular weight is 298 g/mol. The Morgan fingerprint density at radius 3 is 2.95 bits per heavy atom. The summed E-state index contributed by atoms with van der Waals surface area (Å²) in [6.07, 6.45) is 8.01. The molecule has 1 aromatic heterocycles. The van der Waals surface area contributed by atoms with Crippen molar-refractivity contribution < 1.29 is 0 Å². The number of fused-ring (bicyclic) bond motifs is 1. The zero-order chi connectivity index (χ0) is 14.5. The SMILES string of the molecule is C=CCNCCc1nc(-c2ccc3c(c2)CCCC3)cs1. The summed E-state index contributed by atoms with van der Waals surface area (Å²) in [6, 6.07) is 6.89. The summed E-state index contributed by atoms with van der Waals surface area (Å²) in [5, 5.41) is 6.72. The smallest absolute Gasteiger partial charge is 0.0945 e. The van der Waals surface area contributed by atoms with Crippen LogP contribution in [0, 0.1) is 0 Å². The van der Waals surface area contributed by atoms with E-state index >= 15 is 0 Å². The van der Waals surface area contributed by atoms with Crippen LogP contribution in [0.1, 0.15) is 29.0 Å². The molecule has 0 spiro atoms. The van der Waals surface area contributed by atoms with Crippen LogP contribution in [0.15, 0.2) is 36.2 Å². The van der Waals surface area contributed by atoms with Gasteiger partial charge in [-0.3, -0.25) is 0 Å². The minimum Gasteiger partial charge on any atom is -0.313 e. The van der Waals surface area contributed by atoms with Gasteiger partial charge in [-0.1, -0.05) is 18.2 Å². The minimum absolute atomic E-state index is 0.864. The van der Waals surface area contributed by atoms with Crippen LogP contribution >= 0.6 is 11.3 Å². The van der Waals surface area contributed by atoms with Gasteiger partial charge >= 0.3 is 0 Å². The molecular weight excluding hydrogens is 276 g/mol. The molecule has 1 aliphatic rings. The number of hydrogen-bond acceptors (Lipinski definition) is 3. The molecule has 0 bridgehead atoms. The third-order valence-electron chi connectivity index (χ3n) is 4.00. The molecule has 0 atom stereocenters. The molecule has 3 rings (SSSR count). The van der Waals surface area contributed by atoms with Crippen molar-refractivity contribution in [2.24, 2.45) is 0 Å². The molecule has 0 saturated carbocycles. The zero-order valence-electron chi connectivity index (χ0n) is 12.4. The van der Waals surface area contributed by atoms with Gasteiger partial charge in [-0.25, -0.2) is 4.98 Å². The van der Waals surface area contributed by atoms with Crippen molar-refractivity contribution >= 4 is 11.3 Å². The van der Waals surface area contributed by atoms with Gasteiger partial charge < -0.3 is 5.32 Å². The number of nitrogens with zero attached hydrogens (tertiary/aromatic N) is 1. The van der Waals surface area contributed by atoms with Crippen LogP contribution in [0.2, 0.25) is 0 Å². The maximum atomic E-state index is 4.78. The van der Waals surface area contributed by atoms with Gasteiger partial charge in [0.15, 0.2) is 0 Å². The van der Waals surface area contributed by atoms with Gasteiger partial charge in [-0.2, -0.15) is 0 Å². The standard InChI is InChI=1S/C18H22N2S/c1-2-10-19-11-9-18-20-17(13-21-18)16-8-7-14-5-3-4-6-15(14)12-16/h2,7-8,12-13,19H,1,3-6,9-11H2. The van der Waals surface area contributed by atoms with Crippen molar-refractivity contribution in [2.45, 2.75) is 32.1 Å². The zero-order valence-corrected chi connectivity index (χ0v) is 13.2. The molecule has 0 amide bonds. The van der Waals surface area contributed by atoms with Crippen LogP contribution < -0.4 is 5.32 Å². The quantitative estimate of drug-likeness (QED) is 0.644. The molecule has 2 nitrogen and oxygen atoms in total. The molecule has 21 heavy (non-hydrogen) atoms. The third-order valence-corrected chi connectivity index (χ3v) is 4.91. The maximum Gasteiger partial charge on any atom is 0.0945 e. The van der Waals surface area contributed by atoms with E-state index in [9.17, 15) is 0 Å². The Morgan fingerprint density at radius 2 is 2.10 bits per heavy atom. The van der Waals surface area contributed by atoms with Crippen LogP contribution in [0.3, 0.4) is 0 Å².